The number of aliphatic carboxylic acids is 1. The molecule has 0 spiro atoms. The van der Waals surface area contributed by atoms with Crippen LogP contribution in [0.4, 0.5) is 11.6 Å². The number of aromatic nitrogens is 2. The van der Waals surface area contributed by atoms with Gasteiger partial charge in [-0.15, -0.1) is 0 Å². The Morgan fingerprint density at radius 3 is 2.77 bits per heavy atom. The molecule has 0 unspecified atom stereocenters. The van der Waals surface area contributed by atoms with Crippen LogP contribution in [-0.4, -0.2) is 48.0 Å². The molecule has 0 radical (unpaired) electrons. The average molecular weight is 520 g/mol. The number of thioether (sulfide) groups is 1. The van der Waals surface area contributed by atoms with Gasteiger partial charge in [0.25, 0.3) is 15.9 Å². The van der Waals surface area contributed by atoms with Gasteiger partial charge < -0.3 is 19.2 Å². The lowest BCUT2D eigenvalue weighted by molar-refractivity contribution is -0.676. The van der Waals surface area contributed by atoms with Crippen molar-refractivity contribution in [3.63, 3.8) is 0 Å². The number of anilines is 1. The number of hydrogen-bond acceptors (Lipinski definition) is 7. The van der Waals surface area contributed by atoms with Crippen LogP contribution in [0.5, 0.6) is 5.75 Å². The molecule has 1 aliphatic rings. The third-order valence-corrected chi connectivity index (χ3v) is 7.38. The molecular weight excluding hydrogens is 496 g/mol. The highest BCUT2D eigenvalue weighted by molar-refractivity contribution is 8.03. The van der Waals surface area contributed by atoms with E-state index in [0.717, 1.165) is 4.90 Å². The highest BCUT2D eigenvalue weighted by atomic mass is 32.2. The van der Waals surface area contributed by atoms with Crippen LogP contribution in [0.1, 0.15) is 19.2 Å². The minimum atomic E-state index is -4.14. The predicted octanol–water partition coefficient (Wildman–Crippen LogP) is 3.37. The van der Waals surface area contributed by atoms with Crippen molar-refractivity contribution >= 4 is 56.7 Å². The van der Waals surface area contributed by atoms with Gasteiger partial charge in [0.05, 0.1) is 49.3 Å². The SMILES string of the molecule is [C-]#[N+]c1cc2c(o1)[n+](CC)c(C=C1Sc3ccc(OC)cc3N1CC(=O)O)n2CCCS(=O)(=O)O. The number of carbonyl (C=O) groups is 1. The molecule has 11 nitrogen and oxygen atoms in total. The lowest BCUT2D eigenvalue weighted by Crippen LogP contribution is -2.36. The fourth-order valence-electron chi connectivity index (χ4n) is 4.00. The Labute approximate surface area is 205 Å². The molecule has 2 aromatic heterocycles. The minimum absolute atomic E-state index is 0.0992. The van der Waals surface area contributed by atoms with Crippen LogP contribution in [0.15, 0.2) is 38.6 Å². The van der Waals surface area contributed by atoms with Gasteiger partial charge in [-0.05, 0) is 19.1 Å². The molecular formula is C22H23N4O7S2+. The summed E-state index contributed by atoms with van der Waals surface area (Å²) in [6.45, 7) is 9.62. The van der Waals surface area contributed by atoms with E-state index in [9.17, 15) is 22.9 Å². The Kier molecular flexibility index (Phi) is 6.79. The molecule has 1 aliphatic heterocycles. The van der Waals surface area contributed by atoms with Crippen LogP contribution in [-0.2, 0) is 28.0 Å². The van der Waals surface area contributed by atoms with Gasteiger partial charge >= 0.3 is 17.6 Å². The van der Waals surface area contributed by atoms with Crippen molar-refractivity contribution in [2.24, 2.45) is 0 Å². The van der Waals surface area contributed by atoms with Gasteiger partial charge in [0, 0.05) is 23.4 Å². The summed E-state index contributed by atoms with van der Waals surface area (Å²) in [5, 5.41) is 10.2. The van der Waals surface area contributed by atoms with Gasteiger partial charge in [0.1, 0.15) is 12.3 Å². The monoisotopic (exact) mass is 519 g/mol. The molecule has 0 aliphatic carbocycles. The van der Waals surface area contributed by atoms with E-state index >= 15 is 0 Å². The van der Waals surface area contributed by atoms with Gasteiger partial charge in [-0.2, -0.15) is 17.8 Å². The van der Waals surface area contributed by atoms with Gasteiger partial charge in [0.2, 0.25) is 5.52 Å². The number of fused-ring (bicyclic) bond motifs is 2. The second kappa shape index (κ2) is 9.65. The maximum absolute atomic E-state index is 11.7. The molecule has 3 aromatic rings. The maximum Gasteiger partial charge on any atom is 0.352 e. The van der Waals surface area contributed by atoms with E-state index in [4.69, 9.17) is 15.7 Å². The topological polar surface area (TPSA) is 130 Å². The number of hydrogen-bond donors (Lipinski definition) is 2. The van der Waals surface area contributed by atoms with Gasteiger partial charge in [-0.1, -0.05) is 11.8 Å². The summed E-state index contributed by atoms with van der Waals surface area (Å²) in [7, 11) is -2.60. The highest BCUT2D eigenvalue weighted by Crippen LogP contribution is 2.48. The lowest BCUT2D eigenvalue weighted by Gasteiger charge is -2.18. The molecule has 4 rings (SSSR count). The number of ether oxygens (including phenoxy) is 1. The number of benzene rings is 1. The molecule has 2 N–H and O–H groups in total. The van der Waals surface area contributed by atoms with E-state index in [-0.39, 0.29) is 25.4 Å². The molecule has 35 heavy (non-hydrogen) atoms. The Morgan fingerprint density at radius 1 is 1.37 bits per heavy atom. The van der Waals surface area contributed by atoms with E-state index < -0.39 is 21.8 Å². The van der Waals surface area contributed by atoms with E-state index in [1.165, 1.54) is 18.9 Å². The van der Waals surface area contributed by atoms with Crippen LogP contribution >= 0.6 is 11.8 Å². The standard InChI is InChI=1S/C22H22N4O7S2/c1-4-24-19(25(8-5-9-35(29,30)31)16-11-18(23-2)33-22(16)24)12-20-26(13-21(27)28)15-10-14(32-3)6-7-17(15)34-20/h6-7,10-12H,4-5,8-9,13H2,1,3H3,(H-,27,28,29,30,31)/p+1. The third kappa shape index (κ3) is 5.00. The van der Waals surface area contributed by atoms with Crippen LogP contribution in [0, 0.1) is 6.57 Å². The fourth-order valence-corrected chi connectivity index (χ4v) is 5.57. The van der Waals surface area contributed by atoms with Gasteiger partial charge in [0.15, 0.2) is 0 Å². The smallest absolute Gasteiger partial charge is 0.352 e. The van der Waals surface area contributed by atoms with Crippen LogP contribution < -0.4 is 14.2 Å². The van der Waals surface area contributed by atoms with E-state index in [1.807, 2.05) is 28.2 Å². The number of rotatable bonds is 9. The second-order valence-electron chi connectivity index (χ2n) is 7.68. The van der Waals surface area contributed by atoms with Crippen LogP contribution in [0.3, 0.4) is 0 Å². The third-order valence-electron chi connectivity index (χ3n) is 5.46. The fraction of sp³-hybridized carbons (Fsp3) is 0.318. The average Bonchev–Trinajstić information content (AvgIpc) is 3.44. The number of furan rings is 1. The van der Waals surface area contributed by atoms with Crippen molar-refractivity contribution in [3.8, 4) is 5.75 Å². The molecule has 1 aromatic carbocycles. The zero-order valence-corrected chi connectivity index (χ0v) is 20.6. The molecule has 0 saturated carbocycles. The number of aryl methyl sites for hydroxylation is 2. The Balaban J connectivity index is 1.85. The summed E-state index contributed by atoms with van der Waals surface area (Å²) >= 11 is 1.40. The normalized spacial score (nSPS) is 14.5. The molecule has 0 bridgehead atoms. The Hall–Kier alpha value is -3.47. The summed E-state index contributed by atoms with van der Waals surface area (Å²) in [5.41, 5.74) is 1.76. The van der Waals surface area contributed by atoms with Crippen molar-refractivity contribution in [3.05, 3.63) is 46.5 Å². The van der Waals surface area contributed by atoms with E-state index in [2.05, 4.69) is 4.85 Å². The molecule has 13 heteroatoms. The van der Waals surface area contributed by atoms with Crippen LogP contribution in [0.2, 0.25) is 0 Å². The predicted molar refractivity (Wildman–Crippen MR) is 129 cm³/mol. The lowest BCUT2D eigenvalue weighted by atomic mass is 10.2. The number of methoxy groups -OCH3 is 1. The Bertz CT molecular complexity index is 1480. The zero-order chi connectivity index (χ0) is 25.3. The molecule has 0 fully saturated rings. The van der Waals surface area contributed by atoms with Crippen molar-refractivity contribution < 1.29 is 36.6 Å². The minimum Gasteiger partial charge on any atom is -0.497 e. The van der Waals surface area contributed by atoms with Gasteiger partial charge in [-0.25, -0.2) is 4.57 Å². The van der Waals surface area contributed by atoms with Crippen molar-refractivity contribution in [1.82, 2.24) is 4.57 Å². The number of carboxylic acids is 1. The van der Waals surface area contributed by atoms with E-state index in [0.29, 0.717) is 40.1 Å². The quantitative estimate of drug-likeness (QED) is 0.248. The molecule has 0 atom stereocenters. The first-order chi connectivity index (χ1) is 16.6. The summed E-state index contributed by atoms with van der Waals surface area (Å²) < 4.78 is 46.4. The first kappa shape index (κ1) is 24.6. The van der Waals surface area contributed by atoms with Crippen molar-refractivity contribution in [2.75, 3.05) is 24.3 Å². The molecule has 0 saturated heterocycles. The molecule has 3 heterocycles. The first-order valence-electron chi connectivity index (χ1n) is 10.6. The zero-order valence-electron chi connectivity index (χ0n) is 19.0. The number of carboxylic acid groups (broad SMARTS) is 1. The van der Waals surface area contributed by atoms with Gasteiger partial charge in [-0.3, -0.25) is 9.35 Å². The molecule has 184 valence electrons. The summed E-state index contributed by atoms with van der Waals surface area (Å²) in [4.78, 5) is 17.6. The van der Waals surface area contributed by atoms with Crippen molar-refractivity contribution in [2.45, 2.75) is 31.3 Å². The Morgan fingerprint density at radius 2 is 2.14 bits per heavy atom. The first-order valence-corrected chi connectivity index (χ1v) is 13.0. The largest absolute Gasteiger partial charge is 0.497 e. The summed E-state index contributed by atoms with van der Waals surface area (Å²) in [6.07, 6.45) is 1.95. The number of imidazole rings is 1. The van der Waals surface area contributed by atoms with Crippen molar-refractivity contribution in [1.29, 1.82) is 0 Å². The highest BCUT2D eigenvalue weighted by Gasteiger charge is 2.32. The summed E-state index contributed by atoms with van der Waals surface area (Å²) in [6, 6.07) is 7.03. The second-order valence-corrected chi connectivity index (χ2v) is 10.3. The van der Waals surface area contributed by atoms with Crippen LogP contribution in [0.25, 0.3) is 22.2 Å². The summed E-state index contributed by atoms with van der Waals surface area (Å²) in [5.74, 6) is -0.0853. The number of nitrogens with zero attached hydrogens (tertiary/aromatic N) is 4. The maximum atomic E-state index is 11.7. The molecule has 0 amide bonds. The van der Waals surface area contributed by atoms with E-state index in [1.54, 1.807) is 23.1 Å².